The van der Waals surface area contributed by atoms with Gasteiger partial charge in [0.25, 0.3) is 0 Å². The van der Waals surface area contributed by atoms with Crippen molar-refractivity contribution in [1.82, 2.24) is 9.97 Å². The Morgan fingerprint density at radius 1 is 1.54 bits per heavy atom. The highest BCUT2D eigenvalue weighted by Gasteiger charge is 2.20. The molecule has 0 bridgehead atoms. The molecule has 0 spiro atoms. The number of fused-ring (bicyclic) bond motifs is 1. The van der Waals surface area contributed by atoms with Crippen LogP contribution < -0.4 is 5.73 Å². The van der Waals surface area contributed by atoms with Gasteiger partial charge in [-0.3, -0.25) is 0 Å². The van der Waals surface area contributed by atoms with Crippen molar-refractivity contribution in [3.05, 3.63) is 10.8 Å². The first-order valence-electron chi connectivity index (χ1n) is 4.15. The third-order valence-electron chi connectivity index (χ3n) is 2.02. The van der Waals surface area contributed by atoms with Crippen LogP contribution in [0.4, 0.5) is 5.95 Å². The maximum absolute atomic E-state index is 5.96. The molecule has 0 aliphatic carbocycles. The minimum absolute atomic E-state index is 0.277. The minimum Gasteiger partial charge on any atom is -0.368 e. The van der Waals surface area contributed by atoms with Gasteiger partial charge in [-0.25, -0.2) is 9.97 Å². The first kappa shape index (κ1) is 9.09. The van der Waals surface area contributed by atoms with Crippen molar-refractivity contribution in [2.24, 2.45) is 0 Å². The second-order valence-electron chi connectivity index (χ2n) is 3.12. The summed E-state index contributed by atoms with van der Waals surface area (Å²) in [5.74, 6) is 0.277. The first-order valence-corrected chi connectivity index (χ1v) is 5.41. The van der Waals surface area contributed by atoms with Crippen LogP contribution in [0.5, 0.6) is 0 Å². The summed E-state index contributed by atoms with van der Waals surface area (Å²) >= 11 is 7.70. The Morgan fingerprint density at radius 3 is 3.08 bits per heavy atom. The molecule has 0 saturated heterocycles. The third-order valence-corrected chi connectivity index (χ3v) is 3.71. The minimum atomic E-state index is 0.277. The maximum atomic E-state index is 5.96. The maximum Gasteiger partial charge on any atom is 0.221 e. The average molecular weight is 216 g/mol. The van der Waals surface area contributed by atoms with Gasteiger partial charge in [0.1, 0.15) is 5.15 Å². The van der Waals surface area contributed by atoms with Crippen LogP contribution in [0.25, 0.3) is 0 Å². The molecule has 0 fully saturated rings. The van der Waals surface area contributed by atoms with E-state index in [1.54, 1.807) is 11.8 Å². The number of nitrogens with two attached hydrogens (primary N) is 1. The van der Waals surface area contributed by atoms with E-state index in [0.717, 1.165) is 23.4 Å². The molecule has 2 N–H and O–H groups in total. The van der Waals surface area contributed by atoms with Crippen LogP contribution in [0.15, 0.2) is 4.90 Å². The standard InChI is InChI=1S/C8H10ClN3S/c1-4-2-3-5-6(13-4)7(9)12-8(10)11-5/h4H,2-3H2,1H3,(H2,10,11,12). The molecule has 13 heavy (non-hydrogen) atoms. The van der Waals surface area contributed by atoms with Crippen LogP contribution in [-0.4, -0.2) is 15.2 Å². The van der Waals surface area contributed by atoms with E-state index in [9.17, 15) is 0 Å². The molecule has 1 unspecified atom stereocenters. The normalized spacial score (nSPS) is 21.2. The molecule has 0 saturated carbocycles. The Morgan fingerprint density at radius 2 is 2.31 bits per heavy atom. The molecule has 2 rings (SSSR count). The Labute approximate surface area is 86.1 Å². The highest BCUT2D eigenvalue weighted by atomic mass is 35.5. The summed E-state index contributed by atoms with van der Waals surface area (Å²) in [5, 5.41) is 1.09. The number of nitrogen functional groups attached to an aromatic ring is 1. The molecule has 1 aromatic heterocycles. The molecular weight excluding hydrogens is 206 g/mol. The van der Waals surface area contributed by atoms with E-state index in [1.165, 1.54) is 0 Å². The molecule has 70 valence electrons. The van der Waals surface area contributed by atoms with Gasteiger partial charge in [-0.15, -0.1) is 11.8 Å². The quantitative estimate of drug-likeness (QED) is 0.674. The summed E-state index contributed by atoms with van der Waals surface area (Å²) in [5.41, 5.74) is 6.50. The SMILES string of the molecule is CC1CCc2nc(N)nc(Cl)c2S1. The molecule has 3 nitrogen and oxygen atoms in total. The number of aryl methyl sites for hydroxylation is 1. The lowest BCUT2D eigenvalue weighted by Gasteiger charge is -2.20. The topological polar surface area (TPSA) is 51.8 Å². The van der Waals surface area contributed by atoms with Crippen LogP contribution in [0, 0.1) is 0 Å². The van der Waals surface area contributed by atoms with Crippen molar-refractivity contribution < 1.29 is 0 Å². The molecule has 1 aliphatic heterocycles. The number of thioether (sulfide) groups is 1. The number of hydrogen-bond acceptors (Lipinski definition) is 4. The van der Waals surface area contributed by atoms with Gasteiger partial charge < -0.3 is 5.73 Å². The monoisotopic (exact) mass is 215 g/mol. The molecule has 1 atom stereocenters. The molecule has 5 heteroatoms. The molecule has 1 aliphatic rings. The summed E-state index contributed by atoms with van der Waals surface area (Å²) in [6, 6.07) is 0. The fourth-order valence-electron chi connectivity index (χ4n) is 1.37. The van der Waals surface area contributed by atoms with Crippen LogP contribution in [0.1, 0.15) is 19.0 Å². The Balaban J connectivity index is 2.47. The van der Waals surface area contributed by atoms with Gasteiger partial charge in [0.2, 0.25) is 5.95 Å². The van der Waals surface area contributed by atoms with Gasteiger partial charge >= 0.3 is 0 Å². The van der Waals surface area contributed by atoms with E-state index >= 15 is 0 Å². The molecule has 0 aromatic carbocycles. The zero-order chi connectivity index (χ0) is 9.42. The number of nitrogens with zero attached hydrogens (tertiary/aromatic N) is 2. The predicted octanol–water partition coefficient (Wildman–Crippen LogP) is 2.14. The van der Waals surface area contributed by atoms with E-state index in [-0.39, 0.29) is 5.95 Å². The molecule has 0 amide bonds. The second-order valence-corrected chi connectivity index (χ2v) is 4.92. The number of hydrogen-bond donors (Lipinski definition) is 1. The fraction of sp³-hybridized carbons (Fsp3) is 0.500. The van der Waals surface area contributed by atoms with Crippen molar-refractivity contribution in [2.75, 3.05) is 5.73 Å². The van der Waals surface area contributed by atoms with Crippen molar-refractivity contribution in [1.29, 1.82) is 0 Å². The molecular formula is C8H10ClN3S. The van der Waals surface area contributed by atoms with Crippen molar-refractivity contribution in [3.8, 4) is 0 Å². The predicted molar refractivity (Wildman–Crippen MR) is 55.1 cm³/mol. The van der Waals surface area contributed by atoms with Crippen LogP contribution in [0.3, 0.4) is 0 Å². The van der Waals surface area contributed by atoms with Gasteiger partial charge in [-0.1, -0.05) is 18.5 Å². The Bertz CT molecular complexity index is 342. The van der Waals surface area contributed by atoms with Crippen molar-refractivity contribution in [2.45, 2.75) is 29.9 Å². The zero-order valence-electron chi connectivity index (χ0n) is 7.25. The van der Waals surface area contributed by atoms with Gasteiger partial charge in [0, 0.05) is 5.25 Å². The van der Waals surface area contributed by atoms with Crippen molar-refractivity contribution >= 4 is 29.3 Å². The largest absolute Gasteiger partial charge is 0.368 e. The zero-order valence-corrected chi connectivity index (χ0v) is 8.82. The third kappa shape index (κ3) is 1.74. The number of anilines is 1. The first-order chi connectivity index (χ1) is 6.16. The van der Waals surface area contributed by atoms with Gasteiger partial charge in [0.05, 0.1) is 10.6 Å². The van der Waals surface area contributed by atoms with E-state index in [0.29, 0.717) is 10.4 Å². The molecule has 0 radical (unpaired) electrons. The van der Waals surface area contributed by atoms with Crippen LogP contribution >= 0.6 is 23.4 Å². The van der Waals surface area contributed by atoms with E-state index in [2.05, 4.69) is 16.9 Å². The van der Waals surface area contributed by atoms with Crippen molar-refractivity contribution in [3.63, 3.8) is 0 Å². The summed E-state index contributed by atoms with van der Waals surface area (Å²) in [6.07, 6.45) is 2.08. The lowest BCUT2D eigenvalue weighted by molar-refractivity contribution is 0.750. The highest BCUT2D eigenvalue weighted by Crippen LogP contribution is 2.38. The fourth-order valence-corrected chi connectivity index (χ4v) is 2.76. The second kappa shape index (κ2) is 3.35. The van der Waals surface area contributed by atoms with Gasteiger partial charge in [0.15, 0.2) is 0 Å². The summed E-state index contributed by atoms with van der Waals surface area (Å²) < 4.78 is 0. The Hall–Kier alpha value is -0.480. The summed E-state index contributed by atoms with van der Waals surface area (Å²) in [6.45, 7) is 2.18. The van der Waals surface area contributed by atoms with Gasteiger partial charge in [-0.2, -0.15) is 0 Å². The highest BCUT2D eigenvalue weighted by molar-refractivity contribution is 8.00. The summed E-state index contributed by atoms with van der Waals surface area (Å²) in [4.78, 5) is 9.11. The van der Waals surface area contributed by atoms with Gasteiger partial charge in [-0.05, 0) is 12.8 Å². The Kier molecular flexibility index (Phi) is 2.34. The number of rotatable bonds is 0. The number of halogens is 1. The van der Waals surface area contributed by atoms with E-state index < -0.39 is 0 Å². The van der Waals surface area contributed by atoms with Crippen LogP contribution in [-0.2, 0) is 6.42 Å². The van der Waals surface area contributed by atoms with E-state index in [4.69, 9.17) is 17.3 Å². The number of aromatic nitrogens is 2. The lowest BCUT2D eigenvalue weighted by Crippen LogP contribution is -2.11. The summed E-state index contributed by atoms with van der Waals surface area (Å²) in [7, 11) is 0. The smallest absolute Gasteiger partial charge is 0.221 e. The van der Waals surface area contributed by atoms with Crippen LogP contribution in [0.2, 0.25) is 5.15 Å². The van der Waals surface area contributed by atoms with E-state index in [1.807, 2.05) is 0 Å². The molecule has 2 heterocycles. The lowest BCUT2D eigenvalue weighted by atomic mass is 10.2. The molecule has 1 aromatic rings. The average Bonchev–Trinajstić information content (AvgIpc) is 2.06.